The summed E-state index contributed by atoms with van der Waals surface area (Å²) in [6.07, 6.45) is 3.28. The normalized spacial score (nSPS) is 11.2. The number of hydrogen-bond acceptors (Lipinski definition) is 3. The topological polar surface area (TPSA) is 35.1 Å². The zero-order valence-electron chi connectivity index (χ0n) is 11.9. The molecule has 116 valence electrons. The maximum absolute atomic E-state index is 6.16. The van der Waals surface area contributed by atoms with Crippen molar-refractivity contribution < 1.29 is 0 Å². The molecule has 1 heterocycles. The Bertz CT molecular complexity index is 897. The molecule has 0 N–H and O–H groups in total. The molecule has 3 aromatic rings. The van der Waals surface area contributed by atoms with Crippen LogP contribution in [0.2, 0.25) is 10.0 Å². The van der Waals surface area contributed by atoms with Crippen LogP contribution in [0.3, 0.4) is 0 Å². The van der Waals surface area contributed by atoms with Crippen LogP contribution in [-0.4, -0.2) is 20.7 Å². The van der Waals surface area contributed by atoms with Crippen LogP contribution >= 0.6 is 35.4 Å². The third kappa shape index (κ3) is 3.88. The van der Waals surface area contributed by atoms with Gasteiger partial charge in [-0.1, -0.05) is 53.5 Å². The first kappa shape index (κ1) is 15.9. The van der Waals surface area contributed by atoms with Crippen LogP contribution in [0, 0.1) is 4.77 Å². The number of aromatic nitrogens is 3. The molecule has 0 saturated heterocycles. The Morgan fingerprint density at radius 1 is 1.09 bits per heavy atom. The van der Waals surface area contributed by atoms with Crippen LogP contribution in [0.1, 0.15) is 11.1 Å². The van der Waals surface area contributed by atoms with Crippen molar-refractivity contribution in [2.75, 3.05) is 0 Å². The highest BCUT2D eigenvalue weighted by Gasteiger charge is 2.04. The summed E-state index contributed by atoms with van der Waals surface area (Å²) in [7, 11) is 0. The Balaban J connectivity index is 1.81. The molecule has 0 saturated carbocycles. The molecular weight excluding hydrogens is 351 g/mol. The van der Waals surface area contributed by atoms with Crippen molar-refractivity contribution in [1.82, 2.24) is 14.5 Å². The molecule has 0 aliphatic heterocycles. The first-order chi connectivity index (χ1) is 11.1. The number of hydrogen-bond donors (Lipinski definition) is 0. The summed E-state index contributed by atoms with van der Waals surface area (Å²) in [6, 6.07) is 15.0. The van der Waals surface area contributed by atoms with E-state index in [2.05, 4.69) is 10.2 Å². The third-order valence-electron chi connectivity index (χ3n) is 3.20. The molecule has 0 atom stereocenters. The highest BCUT2D eigenvalue weighted by atomic mass is 35.5. The Hall–Kier alpha value is -1.95. The number of nitrogens with zero attached hydrogens (tertiary/aromatic N) is 4. The summed E-state index contributed by atoms with van der Waals surface area (Å²) in [6.45, 7) is 0.502. The van der Waals surface area contributed by atoms with Crippen molar-refractivity contribution in [3.05, 3.63) is 80.8 Å². The zero-order valence-corrected chi connectivity index (χ0v) is 14.3. The predicted molar refractivity (Wildman–Crippen MR) is 96.0 cm³/mol. The Morgan fingerprint density at radius 2 is 1.83 bits per heavy atom. The average molecular weight is 363 g/mol. The van der Waals surface area contributed by atoms with Crippen LogP contribution < -0.4 is 0 Å². The smallest absolute Gasteiger partial charge is 0.219 e. The van der Waals surface area contributed by atoms with E-state index in [0.717, 1.165) is 11.1 Å². The van der Waals surface area contributed by atoms with E-state index in [1.165, 1.54) is 0 Å². The molecule has 3 rings (SSSR count). The number of rotatable bonds is 4. The highest BCUT2D eigenvalue weighted by molar-refractivity contribution is 7.71. The van der Waals surface area contributed by atoms with E-state index >= 15 is 0 Å². The van der Waals surface area contributed by atoms with Crippen LogP contribution in [0.5, 0.6) is 0 Å². The molecule has 7 heteroatoms. The second kappa shape index (κ2) is 7.08. The molecular formula is C16H12Cl2N4S. The molecule has 0 unspecified atom stereocenters. The number of benzene rings is 2. The molecule has 0 fully saturated rings. The van der Waals surface area contributed by atoms with Crippen LogP contribution in [0.4, 0.5) is 0 Å². The Morgan fingerprint density at radius 3 is 2.57 bits per heavy atom. The van der Waals surface area contributed by atoms with Gasteiger partial charge in [-0.15, -0.1) is 0 Å². The summed E-state index contributed by atoms with van der Waals surface area (Å²) < 4.78 is 3.71. The van der Waals surface area contributed by atoms with E-state index in [0.29, 0.717) is 21.4 Å². The maximum Gasteiger partial charge on any atom is 0.219 e. The molecule has 0 aliphatic rings. The third-order valence-corrected chi connectivity index (χ3v) is 4.21. The molecule has 0 aliphatic carbocycles. The summed E-state index contributed by atoms with van der Waals surface area (Å²) in [5.74, 6) is 0. The van der Waals surface area contributed by atoms with Gasteiger partial charge in [0.2, 0.25) is 4.77 Å². The lowest BCUT2D eigenvalue weighted by molar-refractivity contribution is 0.666. The second-order valence-corrected chi connectivity index (χ2v) is 6.01. The molecule has 0 radical (unpaired) electrons. The quantitative estimate of drug-likeness (QED) is 0.500. The fourth-order valence-electron chi connectivity index (χ4n) is 1.98. The van der Waals surface area contributed by atoms with E-state index in [4.69, 9.17) is 35.4 Å². The maximum atomic E-state index is 6.16. The minimum atomic E-state index is 0.495. The molecule has 4 nitrogen and oxygen atoms in total. The van der Waals surface area contributed by atoms with Gasteiger partial charge in [0.25, 0.3) is 0 Å². The van der Waals surface area contributed by atoms with Crippen LogP contribution in [-0.2, 0) is 6.54 Å². The van der Waals surface area contributed by atoms with E-state index in [1.54, 1.807) is 21.9 Å². The SMILES string of the molecule is S=c1n(/N=C/c2ccc(Cl)cc2)cnn1Cc1ccccc1Cl. The first-order valence-corrected chi connectivity index (χ1v) is 7.98. The minimum absolute atomic E-state index is 0.495. The van der Waals surface area contributed by atoms with E-state index < -0.39 is 0 Å². The van der Waals surface area contributed by atoms with Gasteiger partial charge in [0.15, 0.2) is 0 Å². The van der Waals surface area contributed by atoms with Gasteiger partial charge in [-0.2, -0.15) is 14.9 Å². The fourth-order valence-corrected chi connectivity index (χ4v) is 2.51. The van der Waals surface area contributed by atoms with E-state index in [-0.39, 0.29) is 0 Å². The van der Waals surface area contributed by atoms with Crippen LogP contribution in [0.15, 0.2) is 60.0 Å². The molecule has 0 spiro atoms. The lowest BCUT2D eigenvalue weighted by Gasteiger charge is -2.03. The van der Waals surface area contributed by atoms with Gasteiger partial charge in [0.1, 0.15) is 6.33 Å². The Kier molecular flexibility index (Phi) is 4.91. The van der Waals surface area contributed by atoms with Gasteiger partial charge in [-0.05, 0) is 41.5 Å². The summed E-state index contributed by atoms with van der Waals surface area (Å²) in [4.78, 5) is 0. The first-order valence-electron chi connectivity index (χ1n) is 6.81. The molecule has 1 aromatic heterocycles. The van der Waals surface area contributed by atoms with Crippen molar-refractivity contribution in [2.24, 2.45) is 5.10 Å². The second-order valence-electron chi connectivity index (χ2n) is 4.80. The van der Waals surface area contributed by atoms with Gasteiger partial charge >= 0.3 is 0 Å². The van der Waals surface area contributed by atoms with Crippen molar-refractivity contribution in [2.45, 2.75) is 6.54 Å². The molecule has 2 aromatic carbocycles. The van der Waals surface area contributed by atoms with Crippen molar-refractivity contribution in [1.29, 1.82) is 0 Å². The van der Waals surface area contributed by atoms with E-state index in [1.807, 2.05) is 48.5 Å². The van der Waals surface area contributed by atoms with Crippen molar-refractivity contribution in [3.8, 4) is 0 Å². The lowest BCUT2D eigenvalue weighted by atomic mass is 10.2. The highest BCUT2D eigenvalue weighted by Crippen LogP contribution is 2.16. The monoisotopic (exact) mass is 362 g/mol. The lowest BCUT2D eigenvalue weighted by Crippen LogP contribution is -2.03. The largest absolute Gasteiger partial charge is 0.232 e. The Labute approximate surface area is 148 Å². The number of halogens is 2. The molecule has 23 heavy (non-hydrogen) atoms. The van der Waals surface area contributed by atoms with Crippen LogP contribution in [0.25, 0.3) is 0 Å². The van der Waals surface area contributed by atoms with Gasteiger partial charge in [0, 0.05) is 10.0 Å². The zero-order chi connectivity index (χ0) is 16.2. The standard InChI is InChI=1S/C16H12Cl2N4S/c17-14-7-5-12(6-8-14)9-19-22-11-20-21(16(22)23)10-13-3-1-2-4-15(13)18/h1-9,11H,10H2/b19-9+. The summed E-state index contributed by atoms with van der Waals surface area (Å²) in [5, 5.41) is 9.95. The van der Waals surface area contributed by atoms with Gasteiger partial charge in [-0.3, -0.25) is 0 Å². The van der Waals surface area contributed by atoms with Gasteiger partial charge in [0.05, 0.1) is 12.8 Å². The predicted octanol–water partition coefficient (Wildman–Crippen LogP) is 4.65. The minimum Gasteiger partial charge on any atom is -0.232 e. The van der Waals surface area contributed by atoms with Gasteiger partial charge in [-0.25, -0.2) is 4.68 Å². The summed E-state index contributed by atoms with van der Waals surface area (Å²) in [5.41, 5.74) is 1.88. The molecule has 0 bridgehead atoms. The molecule has 0 amide bonds. The fraction of sp³-hybridized carbons (Fsp3) is 0.0625. The average Bonchev–Trinajstić information content (AvgIpc) is 2.90. The summed E-state index contributed by atoms with van der Waals surface area (Å²) >= 11 is 17.4. The van der Waals surface area contributed by atoms with E-state index in [9.17, 15) is 0 Å². The van der Waals surface area contributed by atoms with Gasteiger partial charge < -0.3 is 0 Å². The van der Waals surface area contributed by atoms with Crippen molar-refractivity contribution >= 4 is 41.6 Å². The van der Waals surface area contributed by atoms with Crippen molar-refractivity contribution in [3.63, 3.8) is 0 Å².